The van der Waals surface area contributed by atoms with E-state index in [0.29, 0.717) is 12.1 Å². The van der Waals surface area contributed by atoms with Crippen molar-refractivity contribution in [3.05, 3.63) is 24.0 Å². The van der Waals surface area contributed by atoms with Gasteiger partial charge in [-0.1, -0.05) is 0 Å². The Hall–Kier alpha value is -0.800. The maximum atomic E-state index is 5.64. The van der Waals surface area contributed by atoms with E-state index >= 15 is 0 Å². The molecule has 1 fully saturated rings. The second-order valence-electron chi connectivity index (χ2n) is 4.84. The standard InChI is InChI=1S/C13H22N2O/c1-11(8-13-4-3-7-16-13)14-9-12-5-6-15(2)10-12/h5-6,10-11,13-14H,3-4,7-9H2,1-2H3. The summed E-state index contributed by atoms with van der Waals surface area (Å²) in [4.78, 5) is 0. The molecule has 2 rings (SSSR count). The summed E-state index contributed by atoms with van der Waals surface area (Å²) in [6, 6.07) is 2.69. The van der Waals surface area contributed by atoms with Crippen molar-refractivity contribution in [3.8, 4) is 0 Å². The minimum atomic E-state index is 0.485. The second kappa shape index (κ2) is 5.51. The van der Waals surface area contributed by atoms with Crippen LogP contribution in [0.3, 0.4) is 0 Å². The van der Waals surface area contributed by atoms with Crippen molar-refractivity contribution in [2.45, 2.75) is 44.9 Å². The molecule has 90 valence electrons. The summed E-state index contributed by atoms with van der Waals surface area (Å²) in [5, 5.41) is 3.55. The van der Waals surface area contributed by atoms with Crippen LogP contribution in [0.4, 0.5) is 0 Å². The Morgan fingerprint density at radius 3 is 3.12 bits per heavy atom. The number of rotatable bonds is 5. The maximum Gasteiger partial charge on any atom is 0.0590 e. The van der Waals surface area contributed by atoms with Crippen molar-refractivity contribution in [3.63, 3.8) is 0 Å². The minimum absolute atomic E-state index is 0.485. The molecule has 1 aliphatic heterocycles. The highest BCUT2D eigenvalue weighted by molar-refractivity contribution is 5.09. The zero-order chi connectivity index (χ0) is 11.4. The first-order chi connectivity index (χ1) is 7.74. The maximum absolute atomic E-state index is 5.64. The summed E-state index contributed by atoms with van der Waals surface area (Å²) in [6.07, 6.45) is 8.33. The Labute approximate surface area is 97.8 Å². The summed E-state index contributed by atoms with van der Waals surface area (Å²) in [5.41, 5.74) is 1.35. The molecule has 0 radical (unpaired) electrons. The van der Waals surface area contributed by atoms with Gasteiger partial charge in [0.25, 0.3) is 0 Å². The van der Waals surface area contributed by atoms with Crippen LogP contribution < -0.4 is 5.32 Å². The van der Waals surface area contributed by atoms with Gasteiger partial charge in [-0.15, -0.1) is 0 Å². The van der Waals surface area contributed by atoms with E-state index in [1.54, 1.807) is 0 Å². The van der Waals surface area contributed by atoms with Crippen LogP contribution in [0.15, 0.2) is 18.5 Å². The highest BCUT2D eigenvalue weighted by Gasteiger charge is 2.17. The number of nitrogens with one attached hydrogen (secondary N) is 1. The summed E-state index contributed by atoms with van der Waals surface area (Å²) in [5.74, 6) is 0. The molecule has 0 bridgehead atoms. The molecule has 3 heteroatoms. The lowest BCUT2D eigenvalue weighted by atomic mass is 10.1. The summed E-state index contributed by atoms with van der Waals surface area (Å²) >= 11 is 0. The molecule has 2 heterocycles. The van der Waals surface area contributed by atoms with Gasteiger partial charge in [-0.2, -0.15) is 0 Å². The fourth-order valence-electron chi connectivity index (χ4n) is 2.27. The van der Waals surface area contributed by atoms with Crippen molar-refractivity contribution in [2.75, 3.05) is 6.61 Å². The van der Waals surface area contributed by atoms with Gasteiger partial charge in [0, 0.05) is 38.6 Å². The monoisotopic (exact) mass is 222 g/mol. The van der Waals surface area contributed by atoms with Gasteiger partial charge in [-0.25, -0.2) is 0 Å². The highest BCUT2D eigenvalue weighted by atomic mass is 16.5. The summed E-state index contributed by atoms with van der Waals surface area (Å²) in [7, 11) is 2.05. The largest absolute Gasteiger partial charge is 0.378 e. The number of aromatic nitrogens is 1. The van der Waals surface area contributed by atoms with Crippen LogP contribution in [0, 0.1) is 0 Å². The molecule has 2 atom stereocenters. The molecule has 1 aromatic rings. The third kappa shape index (κ3) is 3.35. The Kier molecular flexibility index (Phi) is 4.02. The van der Waals surface area contributed by atoms with Crippen LogP contribution in [0.25, 0.3) is 0 Å². The zero-order valence-electron chi connectivity index (χ0n) is 10.3. The van der Waals surface area contributed by atoms with Crippen molar-refractivity contribution in [1.82, 2.24) is 9.88 Å². The average Bonchev–Trinajstić information content (AvgIpc) is 2.87. The first kappa shape index (κ1) is 11.7. The lowest BCUT2D eigenvalue weighted by Crippen LogP contribution is -2.29. The van der Waals surface area contributed by atoms with Gasteiger partial charge >= 0.3 is 0 Å². The topological polar surface area (TPSA) is 26.2 Å². The van der Waals surface area contributed by atoms with Gasteiger partial charge in [0.05, 0.1) is 6.10 Å². The Morgan fingerprint density at radius 1 is 1.62 bits per heavy atom. The van der Waals surface area contributed by atoms with E-state index in [-0.39, 0.29) is 0 Å². The van der Waals surface area contributed by atoms with Crippen LogP contribution in [0.1, 0.15) is 31.7 Å². The van der Waals surface area contributed by atoms with E-state index in [4.69, 9.17) is 4.74 Å². The number of hydrogen-bond acceptors (Lipinski definition) is 2. The quantitative estimate of drug-likeness (QED) is 0.825. The molecule has 1 aliphatic rings. The average molecular weight is 222 g/mol. The van der Waals surface area contributed by atoms with E-state index in [0.717, 1.165) is 19.6 Å². The van der Waals surface area contributed by atoms with Crippen molar-refractivity contribution < 1.29 is 4.74 Å². The fourth-order valence-corrected chi connectivity index (χ4v) is 2.27. The number of nitrogens with zero attached hydrogens (tertiary/aromatic N) is 1. The smallest absolute Gasteiger partial charge is 0.0590 e. The van der Waals surface area contributed by atoms with Gasteiger partial charge < -0.3 is 14.6 Å². The number of hydrogen-bond donors (Lipinski definition) is 1. The van der Waals surface area contributed by atoms with Crippen molar-refractivity contribution >= 4 is 0 Å². The fraction of sp³-hybridized carbons (Fsp3) is 0.692. The molecule has 2 unspecified atom stereocenters. The molecule has 0 amide bonds. The number of ether oxygens (including phenoxy) is 1. The lowest BCUT2D eigenvalue weighted by Gasteiger charge is -2.17. The molecule has 1 aromatic heterocycles. The molecule has 3 nitrogen and oxygen atoms in total. The van der Waals surface area contributed by atoms with Crippen LogP contribution in [-0.4, -0.2) is 23.3 Å². The van der Waals surface area contributed by atoms with Crippen LogP contribution in [-0.2, 0) is 18.3 Å². The van der Waals surface area contributed by atoms with Crippen LogP contribution in [0.5, 0.6) is 0 Å². The Balaban J connectivity index is 1.68. The molecular formula is C13H22N2O. The predicted molar refractivity (Wildman–Crippen MR) is 65.3 cm³/mol. The van der Waals surface area contributed by atoms with E-state index < -0.39 is 0 Å². The third-order valence-corrected chi connectivity index (χ3v) is 3.19. The zero-order valence-corrected chi connectivity index (χ0v) is 10.3. The first-order valence-electron chi connectivity index (χ1n) is 6.20. The van der Waals surface area contributed by atoms with E-state index in [9.17, 15) is 0 Å². The van der Waals surface area contributed by atoms with Gasteiger partial charge in [0.2, 0.25) is 0 Å². The molecule has 1 N–H and O–H groups in total. The normalized spacial score (nSPS) is 22.5. The molecule has 0 spiro atoms. The summed E-state index contributed by atoms with van der Waals surface area (Å²) < 4.78 is 7.72. The minimum Gasteiger partial charge on any atom is -0.378 e. The molecule has 1 saturated heterocycles. The molecule has 0 aliphatic carbocycles. The van der Waals surface area contributed by atoms with Crippen molar-refractivity contribution in [1.29, 1.82) is 0 Å². The summed E-state index contributed by atoms with van der Waals surface area (Å²) in [6.45, 7) is 4.15. The predicted octanol–water partition coefficient (Wildman–Crippen LogP) is 2.07. The first-order valence-corrected chi connectivity index (χ1v) is 6.20. The van der Waals surface area contributed by atoms with Crippen molar-refractivity contribution in [2.24, 2.45) is 7.05 Å². The third-order valence-electron chi connectivity index (χ3n) is 3.19. The SMILES string of the molecule is CC(CC1CCCO1)NCc1ccn(C)c1. The van der Waals surface area contributed by atoms with E-state index in [1.165, 1.54) is 18.4 Å². The van der Waals surface area contributed by atoms with Crippen LogP contribution in [0.2, 0.25) is 0 Å². The Morgan fingerprint density at radius 2 is 2.50 bits per heavy atom. The molecular weight excluding hydrogens is 200 g/mol. The molecule has 16 heavy (non-hydrogen) atoms. The van der Waals surface area contributed by atoms with E-state index in [1.807, 2.05) is 0 Å². The van der Waals surface area contributed by atoms with Gasteiger partial charge in [-0.3, -0.25) is 0 Å². The van der Waals surface area contributed by atoms with Crippen LogP contribution >= 0.6 is 0 Å². The van der Waals surface area contributed by atoms with Gasteiger partial charge in [0.1, 0.15) is 0 Å². The molecule has 0 aromatic carbocycles. The lowest BCUT2D eigenvalue weighted by molar-refractivity contribution is 0.0961. The number of aryl methyl sites for hydroxylation is 1. The van der Waals surface area contributed by atoms with Gasteiger partial charge in [-0.05, 0) is 37.8 Å². The second-order valence-corrected chi connectivity index (χ2v) is 4.84. The molecule has 0 saturated carbocycles. The van der Waals surface area contributed by atoms with E-state index in [2.05, 4.69) is 42.3 Å². The Bertz CT molecular complexity index is 315. The highest BCUT2D eigenvalue weighted by Crippen LogP contribution is 2.16. The van der Waals surface area contributed by atoms with Gasteiger partial charge in [0.15, 0.2) is 0 Å².